The van der Waals surface area contributed by atoms with Crippen LogP contribution in [0.5, 0.6) is 5.88 Å². The van der Waals surface area contributed by atoms with Crippen molar-refractivity contribution in [2.45, 2.75) is 6.92 Å². The Labute approximate surface area is 65.3 Å². The molecule has 1 aromatic heterocycles. The zero-order valence-corrected chi connectivity index (χ0v) is 6.46. The summed E-state index contributed by atoms with van der Waals surface area (Å²) in [5.74, 6) is 0.543. The molecule has 0 atom stereocenters. The zero-order chi connectivity index (χ0) is 8.27. The van der Waals surface area contributed by atoms with Crippen LogP contribution in [-0.2, 0) is 0 Å². The van der Waals surface area contributed by atoms with Crippen molar-refractivity contribution in [2.24, 2.45) is 0 Å². The monoisotopic (exact) mass is 148 g/mol. The molecule has 0 fully saturated rings. The highest BCUT2D eigenvalue weighted by Crippen LogP contribution is 2.11. The summed E-state index contributed by atoms with van der Waals surface area (Å²) >= 11 is 0. The van der Waals surface area contributed by atoms with E-state index in [9.17, 15) is 0 Å². The molecule has 1 heterocycles. The Kier molecular flexibility index (Phi) is 2.07. The number of nitriles is 1. The molecule has 1 aromatic rings. The molecule has 3 heteroatoms. The summed E-state index contributed by atoms with van der Waals surface area (Å²) < 4.78 is 4.87. The average Bonchev–Trinajstić information content (AvgIpc) is 2.04. The van der Waals surface area contributed by atoms with Crippen LogP contribution in [0.15, 0.2) is 12.3 Å². The van der Waals surface area contributed by atoms with E-state index in [-0.39, 0.29) is 0 Å². The van der Waals surface area contributed by atoms with Crippen LogP contribution in [0.4, 0.5) is 0 Å². The summed E-state index contributed by atoms with van der Waals surface area (Å²) in [7, 11) is 1.55. The lowest BCUT2D eigenvalue weighted by Gasteiger charge is -1.99. The Hall–Kier alpha value is -1.56. The van der Waals surface area contributed by atoms with Crippen LogP contribution in [0.1, 0.15) is 11.1 Å². The molecule has 0 bridgehead atoms. The Balaban J connectivity index is 3.12. The topological polar surface area (TPSA) is 45.9 Å². The number of pyridine rings is 1. The van der Waals surface area contributed by atoms with Crippen LogP contribution in [0, 0.1) is 18.3 Å². The van der Waals surface area contributed by atoms with Gasteiger partial charge in [-0.2, -0.15) is 5.26 Å². The van der Waals surface area contributed by atoms with Gasteiger partial charge in [0.25, 0.3) is 0 Å². The third kappa shape index (κ3) is 1.47. The molecule has 0 unspecified atom stereocenters. The van der Waals surface area contributed by atoms with Gasteiger partial charge in [-0.25, -0.2) is 4.98 Å². The first kappa shape index (κ1) is 7.55. The molecule has 0 N–H and O–H groups in total. The molecule has 0 saturated carbocycles. The molecule has 0 aliphatic heterocycles. The van der Waals surface area contributed by atoms with E-state index >= 15 is 0 Å². The molecule has 0 aromatic carbocycles. The Morgan fingerprint density at radius 3 is 2.82 bits per heavy atom. The van der Waals surface area contributed by atoms with Crippen LogP contribution in [0.25, 0.3) is 0 Å². The van der Waals surface area contributed by atoms with Gasteiger partial charge in [0.15, 0.2) is 0 Å². The lowest BCUT2D eigenvalue weighted by Crippen LogP contribution is -1.90. The quantitative estimate of drug-likeness (QED) is 0.602. The van der Waals surface area contributed by atoms with E-state index in [4.69, 9.17) is 10.00 Å². The van der Waals surface area contributed by atoms with Crippen LogP contribution >= 0.6 is 0 Å². The summed E-state index contributed by atoms with van der Waals surface area (Å²) in [6.45, 7) is 1.85. The first-order valence-corrected chi connectivity index (χ1v) is 3.18. The molecule has 0 aliphatic rings. The van der Waals surface area contributed by atoms with Crippen molar-refractivity contribution in [1.29, 1.82) is 5.26 Å². The number of hydrogen-bond acceptors (Lipinski definition) is 3. The molecule has 0 saturated heterocycles. The molecule has 3 nitrogen and oxygen atoms in total. The fraction of sp³-hybridized carbons (Fsp3) is 0.250. The summed E-state index contributed by atoms with van der Waals surface area (Å²) in [5.41, 5.74) is 1.48. The van der Waals surface area contributed by atoms with Gasteiger partial charge < -0.3 is 4.74 Å². The second-order valence-corrected chi connectivity index (χ2v) is 2.15. The van der Waals surface area contributed by atoms with Crippen LogP contribution < -0.4 is 4.74 Å². The van der Waals surface area contributed by atoms with Gasteiger partial charge in [0.05, 0.1) is 12.7 Å². The second-order valence-electron chi connectivity index (χ2n) is 2.15. The third-order valence-electron chi connectivity index (χ3n) is 1.42. The zero-order valence-electron chi connectivity index (χ0n) is 6.46. The highest BCUT2D eigenvalue weighted by molar-refractivity contribution is 5.36. The van der Waals surface area contributed by atoms with E-state index in [1.54, 1.807) is 13.2 Å². The van der Waals surface area contributed by atoms with Gasteiger partial charge in [-0.15, -0.1) is 0 Å². The minimum Gasteiger partial charge on any atom is -0.481 e. The third-order valence-corrected chi connectivity index (χ3v) is 1.42. The summed E-state index contributed by atoms with van der Waals surface area (Å²) in [4.78, 5) is 3.88. The fourth-order valence-electron chi connectivity index (χ4n) is 0.759. The predicted octanol–water partition coefficient (Wildman–Crippen LogP) is 1.27. The smallest absolute Gasteiger partial charge is 0.213 e. The van der Waals surface area contributed by atoms with Crippen molar-refractivity contribution in [1.82, 2.24) is 4.98 Å². The van der Waals surface area contributed by atoms with E-state index in [1.165, 1.54) is 6.20 Å². The van der Waals surface area contributed by atoms with Gasteiger partial charge in [0, 0.05) is 12.3 Å². The standard InChI is InChI=1S/C8H8N2O/c1-6-3-8(11-2)10-5-7(6)4-9/h3,5H,1-2H3. The van der Waals surface area contributed by atoms with Crippen molar-refractivity contribution in [3.63, 3.8) is 0 Å². The molecular weight excluding hydrogens is 140 g/mol. The lowest BCUT2D eigenvalue weighted by atomic mass is 10.2. The molecule has 11 heavy (non-hydrogen) atoms. The molecule has 56 valence electrons. The average molecular weight is 148 g/mol. The first-order chi connectivity index (χ1) is 5.27. The normalized spacial score (nSPS) is 8.82. The van der Waals surface area contributed by atoms with E-state index in [2.05, 4.69) is 4.98 Å². The van der Waals surface area contributed by atoms with E-state index in [0.29, 0.717) is 11.4 Å². The predicted molar refractivity (Wildman–Crippen MR) is 40.2 cm³/mol. The molecular formula is C8H8N2O. The van der Waals surface area contributed by atoms with Crippen molar-refractivity contribution in [3.8, 4) is 11.9 Å². The number of rotatable bonds is 1. The minimum absolute atomic E-state index is 0.543. The Morgan fingerprint density at radius 1 is 1.64 bits per heavy atom. The van der Waals surface area contributed by atoms with Crippen molar-refractivity contribution in [3.05, 3.63) is 23.4 Å². The fourth-order valence-corrected chi connectivity index (χ4v) is 0.759. The largest absolute Gasteiger partial charge is 0.481 e. The maximum Gasteiger partial charge on any atom is 0.213 e. The highest BCUT2D eigenvalue weighted by Gasteiger charge is 1.98. The molecule has 0 spiro atoms. The molecule has 0 aliphatic carbocycles. The first-order valence-electron chi connectivity index (χ1n) is 3.18. The van der Waals surface area contributed by atoms with Crippen LogP contribution in [0.2, 0.25) is 0 Å². The SMILES string of the molecule is COc1cc(C)c(C#N)cn1. The van der Waals surface area contributed by atoms with Gasteiger partial charge in [0.1, 0.15) is 6.07 Å². The molecule has 0 radical (unpaired) electrons. The summed E-state index contributed by atoms with van der Waals surface area (Å²) in [6, 6.07) is 3.76. The van der Waals surface area contributed by atoms with Gasteiger partial charge >= 0.3 is 0 Å². The molecule has 0 amide bonds. The number of hydrogen-bond donors (Lipinski definition) is 0. The number of ether oxygens (including phenoxy) is 1. The number of methoxy groups -OCH3 is 1. The molecule has 1 rings (SSSR count). The van der Waals surface area contributed by atoms with Crippen molar-refractivity contribution in [2.75, 3.05) is 7.11 Å². The maximum absolute atomic E-state index is 8.55. The van der Waals surface area contributed by atoms with E-state index in [0.717, 1.165) is 5.56 Å². The van der Waals surface area contributed by atoms with E-state index in [1.807, 2.05) is 13.0 Å². The van der Waals surface area contributed by atoms with Crippen LogP contribution in [-0.4, -0.2) is 12.1 Å². The van der Waals surface area contributed by atoms with E-state index < -0.39 is 0 Å². The van der Waals surface area contributed by atoms with Crippen LogP contribution in [0.3, 0.4) is 0 Å². The number of nitrogens with zero attached hydrogens (tertiary/aromatic N) is 2. The van der Waals surface area contributed by atoms with Gasteiger partial charge in [-0.05, 0) is 12.5 Å². The maximum atomic E-state index is 8.55. The minimum atomic E-state index is 0.543. The van der Waals surface area contributed by atoms with Gasteiger partial charge in [-0.3, -0.25) is 0 Å². The van der Waals surface area contributed by atoms with Crippen molar-refractivity contribution >= 4 is 0 Å². The highest BCUT2D eigenvalue weighted by atomic mass is 16.5. The second kappa shape index (κ2) is 3.02. The van der Waals surface area contributed by atoms with Gasteiger partial charge in [-0.1, -0.05) is 0 Å². The number of aromatic nitrogens is 1. The summed E-state index contributed by atoms with van der Waals surface area (Å²) in [6.07, 6.45) is 1.51. The Bertz CT molecular complexity index is 301. The van der Waals surface area contributed by atoms with Gasteiger partial charge in [0.2, 0.25) is 5.88 Å². The Morgan fingerprint density at radius 2 is 2.36 bits per heavy atom. The van der Waals surface area contributed by atoms with Crippen molar-refractivity contribution < 1.29 is 4.74 Å². The number of aryl methyl sites for hydroxylation is 1. The summed E-state index contributed by atoms with van der Waals surface area (Å²) in [5, 5.41) is 8.55. The lowest BCUT2D eigenvalue weighted by molar-refractivity contribution is 0.397.